The lowest BCUT2D eigenvalue weighted by atomic mass is 10.2. The molecule has 0 fully saturated rings. The number of nitro groups is 1. The summed E-state index contributed by atoms with van der Waals surface area (Å²) in [4.78, 5) is 20.5. The monoisotopic (exact) mass is 300 g/mol. The fraction of sp³-hybridized carbons (Fsp3) is 0.222. The first-order valence-corrected chi connectivity index (χ1v) is 4.95. The smallest absolute Gasteiger partial charge is 0.319 e. The number of anilines is 1. The largest absolute Gasteiger partial charge is 0.383 e. The van der Waals surface area contributed by atoms with Crippen LogP contribution in [0.5, 0.6) is 0 Å². The van der Waals surface area contributed by atoms with Crippen LogP contribution in [0.2, 0.25) is 5.02 Å². The van der Waals surface area contributed by atoms with E-state index in [1.54, 1.807) is 0 Å². The van der Waals surface area contributed by atoms with E-state index in [2.05, 4.69) is 0 Å². The zero-order chi connectivity index (χ0) is 14.8. The first-order valence-electron chi connectivity index (χ1n) is 4.57. The highest BCUT2D eigenvalue weighted by atomic mass is 35.5. The minimum Gasteiger partial charge on any atom is -0.319 e. The first kappa shape index (κ1) is 15.2. The molecule has 10 heteroatoms. The van der Waals surface area contributed by atoms with Crippen molar-refractivity contribution in [1.82, 2.24) is 0 Å². The van der Waals surface area contributed by atoms with Crippen LogP contribution in [0.4, 0.5) is 28.9 Å². The number of nitro benzene ring substituents is 1. The molecule has 0 spiro atoms. The summed E-state index contributed by atoms with van der Waals surface area (Å²) in [6.45, 7) is 0. The van der Waals surface area contributed by atoms with Crippen LogP contribution < -0.4 is 5.32 Å². The number of rotatable bonds is 4. The van der Waals surface area contributed by atoms with E-state index >= 15 is 0 Å². The van der Waals surface area contributed by atoms with E-state index in [1.807, 2.05) is 0 Å². The van der Waals surface area contributed by atoms with Crippen LogP contribution in [-0.4, -0.2) is 23.2 Å². The van der Waals surface area contributed by atoms with Crippen molar-refractivity contribution in [1.29, 1.82) is 0 Å². The number of non-ortho nitro benzene ring substituents is 1. The summed E-state index contributed by atoms with van der Waals surface area (Å²) in [6, 6.07) is 2.53. The number of benzene rings is 1. The maximum absolute atomic E-state index is 12.7. The maximum atomic E-state index is 12.7. The van der Waals surface area contributed by atoms with E-state index in [0.29, 0.717) is 0 Å². The summed E-state index contributed by atoms with van der Waals surface area (Å²) in [6.07, 6.45) is -4.18. The number of hydrogen-bond acceptors (Lipinski definition) is 3. The molecule has 0 unspecified atom stereocenters. The Kier molecular flexibility index (Phi) is 4.30. The Balaban J connectivity index is 2.95. The average Bonchev–Trinajstić information content (AvgIpc) is 2.30. The van der Waals surface area contributed by atoms with Gasteiger partial charge in [0.1, 0.15) is 0 Å². The molecule has 0 aromatic heterocycles. The standard InChI is InChI=1S/C9H5ClF4N2O3/c10-5-3-4(16(18)19)1-2-6(5)15-8(17)9(13,14)7(11)12/h1-3,7H,(H,15,17). The van der Waals surface area contributed by atoms with Crippen molar-refractivity contribution in [2.75, 3.05) is 5.32 Å². The second kappa shape index (κ2) is 5.39. The third-order valence-electron chi connectivity index (χ3n) is 1.99. The summed E-state index contributed by atoms with van der Waals surface area (Å²) in [7, 11) is 0. The fourth-order valence-corrected chi connectivity index (χ4v) is 1.25. The van der Waals surface area contributed by atoms with Crippen molar-refractivity contribution in [2.45, 2.75) is 12.3 Å². The molecule has 1 amide bonds. The van der Waals surface area contributed by atoms with Crippen LogP contribution in [0, 0.1) is 10.1 Å². The lowest BCUT2D eigenvalue weighted by molar-refractivity contribution is -0.384. The number of halogens is 5. The SMILES string of the molecule is O=C(Nc1ccc([N+](=O)[O-])cc1Cl)C(F)(F)C(F)F. The van der Waals surface area contributed by atoms with Gasteiger partial charge in [-0.2, -0.15) is 8.78 Å². The molecule has 0 saturated heterocycles. The minimum atomic E-state index is -4.88. The maximum Gasteiger partial charge on any atom is 0.383 e. The van der Waals surface area contributed by atoms with E-state index < -0.39 is 39.6 Å². The van der Waals surface area contributed by atoms with Crippen LogP contribution in [-0.2, 0) is 4.79 Å². The Morgan fingerprint density at radius 2 is 2.00 bits per heavy atom. The predicted octanol–water partition coefficient (Wildman–Crippen LogP) is 3.09. The van der Waals surface area contributed by atoms with Crippen molar-refractivity contribution in [3.63, 3.8) is 0 Å². The number of hydrogen-bond donors (Lipinski definition) is 1. The topological polar surface area (TPSA) is 72.2 Å². The van der Waals surface area contributed by atoms with Gasteiger partial charge in [0.2, 0.25) is 0 Å². The molecule has 0 radical (unpaired) electrons. The molecular formula is C9H5ClF4N2O3. The van der Waals surface area contributed by atoms with Gasteiger partial charge in [-0.1, -0.05) is 11.6 Å². The van der Waals surface area contributed by atoms with Crippen molar-refractivity contribution in [3.8, 4) is 0 Å². The van der Waals surface area contributed by atoms with Crippen molar-refractivity contribution in [3.05, 3.63) is 33.3 Å². The zero-order valence-electron chi connectivity index (χ0n) is 8.87. The minimum absolute atomic E-state index is 0.424. The molecule has 0 aliphatic rings. The molecule has 0 heterocycles. The van der Waals surface area contributed by atoms with E-state index in [4.69, 9.17) is 11.6 Å². The second-order valence-electron chi connectivity index (χ2n) is 3.30. The molecule has 19 heavy (non-hydrogen) atoms. The molecule has 1 aromatic rings. The van der Waals surface area contributed by atoms with Crippen LogP contribution in [0.1, 0.15) is 0 Å². The molecule has 0 aliphatic carbocycles. The van der Waals surface area contributed by atoms with Crippen LogP contribution in [0.3, 0.4) is 0 Å². The Hall–Kier alpha value is -1.90. The van der Waals surface area contributed by atoms with Crippen LogP contribution >= 0.6 is 11.6 Å². The molecule has 1 aromatic carbocycles. The van der Waals surface area contributed by atoms with Gasteiger partial charge >= 0.3 is 18.3 Å². The molecule has 5 nitrogen and oxygen atoms in total. The molecule has 104 valence electrons. The number of amides is 1. The van der Waals surface area contributed by atoms with Gasteiger partial charge in [-0.05, 0) is 6.07 Å². The van der Waals surface area contributed by atoms with Gasteiger partial charge in [0.15, 0.2) is 0 Å². The summed E-state index contributed by atoms with van der Waals surface area (Å²) in [5.74, 6) is -7.14. The molecule has 0 saturated carbocycles. The number of carbonyl (C=O) groups is 1. The zero-order valence-corrected chi connectivity index (χ0v) is 9.63. The number of alkyl halides is 4. The second-order valence-corrected chi connectivity index (χ2v) is 3.71. The number of nitrogens with one attached hydrogen (secondary N) is 1. The van der Waals surface area contributed by atoms with E-state index in [0.717, 1.165) is 18.2 Å². The fourth-order valence-electron chi connectivity index (χ4n) is 1.02. The van der Waals surface area contributed by atoms with E-state index in [-0.39, 0.29) is 0 Å². The van der Waals surface area contributed by atoms with Crippen molar-refractivity contribution in [2.24, 2.45) is 0 Å². The van der Waals surface area contributed by atoms with Gasteiger partial charge in [0, 0.05) is 12.1 Å². The van der Waals surface area contributed by atoms with E-state index in [1.165, 1.54) is 5.32 Å². The highest BCUT2D eigenvalue weighted by molar-refractivity contribution is 6.34. The third kappa shape index (κ3) is 3.31. The molecule has 0 atom stereocenters. The molecule has 1 rings (SSSR count). The van der Waals surface area contributed by atoms with Crippen molar-refractivity contribution >= 4 is 28.9 Å². The Morgan fingerprint density at radius 1 is 1.42 bits per heavy atom. The van der Waals surface area contributed by atoms with Gasteiger partial charge in [0.05, 0.1) is 15.6 Å². The summed E-state index contributed by atoms with van der Waals surface area (Å²) in [5.41, 5.74) is -0.874. The van der Waals surface area contributed by atoms with Gasteiger partial charge in [-0.25, -0.2) is 8.78 Å². The third-order valence-corrected chi connectivity index (χ3v) is 2.30. The number of carbonyl (C=O) groups excluding carboxylic acids is 1. The quantitative estimate of drug-likeness (QED) is 0.527. The molecule has 0 bridgehead atoms. The molecule has 1 N–H and O–H groups in total. The average molecular weight is 301 g/mol. The first-order chi connectivity index (χ1) is 8.66. The summed E-state index contributed by atoms with van der Waals surface area (Å²) in [5, 5.41) is 11.4. The molecule has 0 aliphatic heterocycles. The van der Waals surface area contributed by atoms with E-state index in [9.17, 15) is 32.5 Å². The Morgan fingerprint density at radius 3 is 2.42 bits per heavy atom. The highest BCUT2D eigenvalue weighted by Crippen LogP contribution is 2.29. The number of nitrogens with zero attached hydrogens (tertiary/aromatic N) is 1. The van der Waals surface area contributed by atoms with Crippen LogP contribution in [0.25, 0.3) is 0 Å². The Bertz CT molecular complexity index is 524. The van der Waals surface area contributed by atoms with Crippen LogP contribution in [0.15, 0.2) is 18.2 Å². The molecular weight excluding hydrogens is 296 g/mol. The van der Waals surface area contributed by atoms with Gasteiger partial charge in [-0.3, -0.25) is 14.9 Å². The van der Waals surface area contributed by atoms with Gasteiger partial charge < -0.3 is 5.32 Å². The summed E-state index contributed by atoms with van der Waals surface area (Å²) < 4.78 is 49.1. The lowest BCUT2D eigenvalue weighted by Gasteiger charge is -2.15. The summed E-state index contributed by atoms with van der Waals surface area (Å²) >= 11 is 5.50. The Labute approximate surface area is 108 Å². The lowest BCUT2D eigenvalue weighted by Crippen LogP contribution is -2.41. The predicted molar refractivity (Wildman–Crippen MR) is 57.7 cm³/mol. The van der Waals surface area contributed by atoms with Gasteiger partial charge in [0.25, 0.3) is 5.69 Å². The highest BCUT2D eigenvalue weighted by Gasteiger charge is 2.49. The normalized spacial score (nSPS) is 11.5. The van der Waals surface area contributed by atoms with Gasteiger partial charge in [-0.15, -0.1) is 0 Å². The van der Waals surface area contributed by atoms with Crippen molar-refractivity contribution < 1.29 is 27.3 Å².